The Kier molecular flexibility index (Phi) is 1.95. The van der Waals surface area contributed by atoms with E-state index in [4.69, 9.17) is 0 Å². The minimum Gasteiger partial charge on any atom is -0.356 e. The molecule has 1 nitrogen and oxygen atoms in total. The third-order valence-electron chi connectivity index (χ3n) is 1.27. The molecule has 0 saturated heterocycles. The van der Waals surface area contributed by atoms with Gasteiger partial charge in [0.15, 0.2) is 0 Å². The third-order valence-corrected chi connectivity index (χ3v) is 5.23. The van der Waals surface area contributed by atoms with Crippen LogP contribution in [-0.2, 0) is 0 Å². The molecule has 0 aliphatic carbocycles. The zero-order valence-electron chi connectivity index (χ0n) is 5.17. The molecule has 3 heteroatoms. The lowest BCUT2D eigenvalue weighted by molar-refractivity contribution is 1.46. The number of nitrogens with one attached hydrogen (secondary N) is 1. The molecule has 0 bridgehead atoms. The zero-order valence-corrected chi connectivity index (χ0v) is 8.15. The van der Waals surface area contributed by atoms with Crippen LogP contribution < -0.4 is 5.32 Å². The van der Waals surface area contributed by atoms with E-state index in [0.717, 1.165) is 0 Å². The molecule has 0 amide bonds. The Labute approximate surface area is 72.4 Å². The average molecular weight is 263 g/mol. The normalized spacial score (nSPS) is 14.8. The highest BCUT2D eigenvalue weighted by molar-refractivity contribution is 14.2. The summed E-state index contributed by atoms with van der Waals surface area (Å²) in [5.74, 6) is 0. The first-order valence-electron chi connectivity index (χ1n) is 2.94. The van der Waals surface area contributed by atoms with Gasteiger partial charge in [-0.3, -0.25) is 0 Å². The lowest BCUT2D eigenvalue weighted by atomic mass is 10.3. The Bertz CT molecular complexity index is 245. The first-order chi connectivity index (χ1) is 4.97. The molecule has 52 valence electrons. The van der Waals surface area contributed by atoms with Crippen LogP contribution in [0.2, 0.25) is 0 Å². The minimum atomic E-state index is 0.206. The summed E-state index contributed by atoms with van der Waals surface area (Å²) in [6.07, 6.45) is 0. The van der Waals surface area contributed by atoms with Crippen molar-refractivity contribution in [2.75, 3.05) is 5.32 Å². The van der Waals surface area contributed by atoms with Crippen molar-refractivity contribution in [2.45, 2.75) is 4.90 Å². The molecule has 0 radical (unpaired) electrons. The molecular weight excluding hydrogens is 257 g/mol. The second-order valence-electron chi connectivity index (χ2n) is 1.92. The maximum Gasteiger partial charge on any atom is 0.0529 e. The van der Waals surface area contributed by atoms with E-state index in [9.17, 15) is 0 Å². The van der Waals surface area contributed by atoms with Gasteiger partial charge in [-0.15, -0.1) is 0 Å². The molecule has 1 aliphatic rings. The summed E-state index contributed by atoms with van der Waals surface area (Å²) in [5.41, 5.74) is 1.26. The third kappa shape index (κ3) is 1.20. The smallest absolute Gasteiger partial charge is 0.0529 e. The van der Waals surface area contributed by atoms with Gasteiger partial charge in [0.2, 0.25) is 0 Å². The molecule has 1 N–H and O–H groups in total. The zero-order chi connectivity index (χ0) is 6.81. The highest BCUT2D eigenvalue weighted by Crippen LogP contribution is 2.38. The highest BCUT2D eigenvalue weighted by atomic mass is 127. The quantitative estimate of drug-likeness (QED) is 0.722. The van der Waals surface area contributed by atoms with Crippen molar-refractivity contribution < 1.29 is 0 Å². The fourth-order valence-electron chi connectivity index (χ4n) is 0.804. The van der Waals surface area contributed by atoms with Crippen LogP contribution in [0.5, 0.6) is 0 Å². The van der Waals surface area contributed by atoms with Crippen molar-refractivity contribution in [3.8, 4) is 0 Å². The van der Waals surface area contributed by atoms with Crippen LogP contribution in [0.4, 0.5) is 5.69 Å². The van der Waals surface area contributed by atoms with E-state index < -0.39 is 0 Å². The van der Waals surface area contributed by atoms with Gasteiger partial charge in [-0.1, -0.05) is 21.1 Å². The molecule has 0 fully saturated rings. The van der Waals surface area contributed by atoms with Crippen molar-refractivity contribution >= 4 is 38.1 Å². The van der Waals surface area contributed by atoms with E-state index in [1.807, 2.05) is 8.93 Å². The standard InChI is InChI=1S/C7H6INS/c1-2-4-7-6(3-1)9-5-8-10-7/h1-5,9H. The predicted octanol–water partition coefficient (Wildman–Crippen LogP) is 2.85. The second kappa shape index (κ2) is 2.92. The van der Waals surface area contributed by atoms with Crippen molar-refractivity contribution in [1.29, 1.82) is 0 Å². The number of halogens is 1. The van der Waals surface area contributed by atoms with Gasteiger partial charge >= 0.3 is 0 Å². The number of anilines is 1. The molecule has 0 spiro atoms. The molecule has 0 aromatic heterocycles. The lowest BCUT2D eigenvalue weighted by Crippen LogP contribution is -1.95. The predicted molar refractivity (Wildman–Crippen MR) is 56.0 cm³/mol. The number of fused-ring (bicyclic) bond motifs is 1. The summed E-state index contributed by atoms with van der Waals surface area (Å²) < 4.78 is 2.19. The van der Waals surface area contributed by atoms with E-state index in [0.29, 0.717) is 0 Å². The van der Waals surface area contributed by atoms with E-state index in [2.05, 4.69) is 33.7 Å². The van der Waals surface area contributed by atoms with Gasteiger partial charge in [-0.05, 0) is 31.5 Å². The van der Waals surface area contributed by atoms with Gasteiger partial charge in [-0.25, -0.2) is 0 Å². The lowest BCUT2D eigenvalue weighted by Gasteiger charge is -2.09. The Morgan fingerprint density at radius 3 is 3.10 bits per heavy atom. The maximum atomic E-state index is 3.27. The number of para-hydroxylation sites is 1. The number of hydrogen-bond donors (Lipinski definition) is 1. The van der Waals surface area contributed by atoms with E-state index in [-0.39, 0.29) is 19.3 Å². The van der Waals surface area contributed by atoms with E-state index in [1.165, 1.54) is 10.6 Å². The van der Waals surface area contributed by atoms with Crippen LogP contribution in [0.15, 0.2) is 29.2 Å². The minimum absolute atomic E-state index is 0.206. The fourth-order valence-corrected chi connectivity index (χ4v) is 4.40. The van der Waals surface area contributed by atoms with Gasteiger partial charge in [0.1, 0.15) is 0 Å². The number of benzene rings is 1. The molecule has 0 saturated carbocycles. The van der Waals surface area contributed by atoms with Crippen molar-refractivity contribution in [3.63, 3.8) is 0 Å². The molecule has 1 aromatic carbocycles. The summed E-state index contributed by atoms with van der Waals surface area (Å²) in [5, 5.41) is 3.27. The Balaban J connectivity index is 2.47. The summed E-state index contributed by atoms with van der Waals surface area (Å²) in [6, 6.07) is 8.42. The van der Waals surface area contributed by atoms with Gasteiger partial charge in [-0.2, -0.15) is 0 Å². The molecule has 0 unspecified atom stereocenters. The van der Waals surface area contributed by atoms with Crippen LogP contribution in [0.3, 0.4) is 0 Å². The Hall–Kier alpha value is -0.0300. The topological polar surface area (TPSA) is 12.0 Å². The molecular formula is C7H6INS. The van der Waals surface area contributed by atoms with Crippen molar-refractivity contribution in [2.24, 2.45) is 0 Å². The van der Waals surface area contributed by atoms with Crippen LogP contribution in [0, 0.1) is 0 Å². The molecule has 1 heterocycles. The molecule has 1 aromatic rings. The fraction of sp³-hybridized carbons (Fsp3) is 0. The summed E-state index contributed by atoms with van der Waals surface area (Å²) >= 11 is 0.206. The van der Waals surface area contributed by atoms with Crippen molar-refractivity contribution in [3.05, 3.63) is 24.3 Å². The van der Waals surface area contributed by atoms with Gasteiger partial charge in [0, 0.05) is 9.03 Å². The molecule has 2 rings (SSSR count). The molecule has 10 heavy (non-hydrogen) atoms. The second-order valence-corrected chi connectivity index (χ2v) is 6.16. The largest absolute Gasteiger partial charge is 0.356 e. The highest BCUT2D eigenvalue weighted by Gasteiger charge is 2.01. The first-order valence-corrected chi connectivity index (χ1v) is 7.55. The number of rotatable bonds is 0. The van der Waals surface area contributed by atoms with E-state index >= 15 is 0 Å². The summed E-state index contributed by atoms with van der Waals surface area (Å²) in [7, 11) is 1.98. The molecule has 1 aliphatic heterocycles. The van der Waals surface area contributed by atoms with Crippen LogP contribution in [0.25, 0.3) is 0 Å². The van der Waals surface area contributed by atoms with Gasteiger partial charge in [0.25, 0.3) is 0 Å². The SMILES string of the molecule is C1=ISc2ccccc2N1. The summed E-state index contributed by atoms with van der Waals surface area (Å²) in [6.45, 7) is 0. The number of hydrogen-bond acceptors (Lipinski definition) is 2. The maximum absolute atomic E-state index is 3.27. The van der Waals surface area contributed by atoms with Crippen LogP contribution >= 0.6 is 28.3 Å². The molecule has 0 atom stereocenters. The van der Waals surface area contributed by atoms with E-state index in [1.54, 1.807) is 0 Å². The summed E-state index contributed by atoms with van der Waals surface area (Å²) in [4.78, 5) is 1.40. The van der Waals surface area contributed by atoms with Crippen LogP contribution in [-0.4, -0.2) is 4.14 Å². The average Bonchev–Trinajstić information content (AvgIpc) is 2.05. The monoisotopic (exact) mass is 263 g/mol. The van der Waals surface area contributed by atoms with Crippen LogP contribution in [0.1, 0.15) is 0 Å². The Morgan fingerprint density at radius 1 is 1.30 bits per heavy atom. The van der Waals surface area contributed by atoms with Gasteiger partial charge in [0.05, 0.1) is 5.69 Å². The Morgan fingerprint density at radius 2 is 2.20 bits per heavy atom. The van der Waals surface area contributed by atoms with Crippen molar-refractivity contribution in [1.82, 2.24) is 0 Å². The first kappa shape index (κ1) is 6.67. The van der Waals surface area contributed by atoms with Gasteiger partial charge < -0.3 is 5.32 Å².